The summed E-state index contributed by atoms with van der Waals surface area (Å²) < 4.78 is 6.25. The van der Waals surface area contributed by atoms with Crippen LogP contribution in [0.4, 0.5) is 0 Å². The van der Waals surface area contributed by atoms with Crippen LogP contribution in [0.5, 0.6) is 0 Å². The molecule has 7 nitrogen and oxygen atoms in total. The van der Waals surface area contributed by atoms with Gasteiger partial charge in [0.25, 0.3) is 5.56 Å². The van der Waals surface area contributed by atoms with Gasteiger partial charge in [0.2, 0.25) is 0 Å². The molecule has 0 saturated carbocycles. The Labute approximate surface area is 95.0 Å². The third-order valence-electron chi connectivity index (χ3n) is 2.21. The number of aromatic carboxylic acids is 1. The van der Waals surface area contributed by atoms with Crippen molar-refractivity contribution in [3.8, 4) is 0 Å². The van der Waals surface area contributed by atoms with Crippen LogP contribution in [0.15, 0.2) is 23.5 Å². The van der Waals surface area contributed by atoms with Gasteiger partial charge in [0.15, 0.2) is 11.3 Å². The zero-order chi connectivity index (χ0) is 12.6. The van der Waals surface area contributed by atoms with Crippen LogP contribution in [0.2, 0.25) is 0 Å². The first-order chi connectivity index (χ1) is 8.02. The summed E-state index contributed by atoms with van der Waals surface area (Å²) in [5.41, 5.74) is -0.0394. The molecular formula is C10H9N3O4. The maximum atomic E-state index is 11.2. The number of carboxylic acids is 1. The Hall–Kier alpha value is -2.57. The van der Waals surface area contributed by atoms with E-state index in [1.54, 1.807) is 0 Å². The predicted molar refractivity (Wildman–Crippen MR) is 58.8 cm³/mol. The average Bonchev–Trinajstić information content (AvgIpc) is 2.66. The number of ether oxygens (including phenoxy) is 1. The summed E-state index contributed by atoms with van der Waals surface area (Å²) in [6.45, 7) is 3.62. The lowest BCUT2D eigenvalue weighted by Gasteiger charge is -2.07. The number of nitrogens with zero attached hydrogens (tertiary/aromatic N) is 2. The molecule has 17 heavy (non-hydrogen) atoms. The van der Waals surface area contributed by atoms with Crippen molar-refractivity contribution in [3.63, 3.8) is 0 Å². The molecule has 7 heteroatoms. The van der Waals surface area contributed by atoms with Gasteiger partial charge in [0, 0.05) is 12.1 Å². The van der Waals surface area contributed by atoms with Crippen molar-refractivity contribution >= 4 is 17.4 Å². The molecule has 2 aromatic heterocycles. The largest absolute Gasteiger partial charge is 0.495 e. The van der Waals surface area contributed by atoms with Crippen LogP contribution in [-0.4, -0.2) is 32.8 Å². The van der Waals surface area contributed by atoms with E-state index in [1.807, 2.05) is 0 Å². The van der Waals surface area contributed by atoms with Crippen LogP contribution in [0, 0.1) is 0 Å². The second-order valence-electron chi connectivity index (χ2n) is 3.27. The fourth-order valence-corrected chi connectivity index (χ4v) is 1.42. The van der Waals surface area contributed by atoms with Gasteiger partial charge in [-0.05, 0) is 0 Å². The molecule has 0 amide bonds. The van der Waals surface area contributed by atoms with Crippen LogP contribution in [0.1, 0.15) is 16.2 Å². The SMILES string of the molecule is C=C(OC)c1cc(C(=O)O)nc2cc(=O)[nH]n12. The molecule has 2 rings (SSSR count). The summed E-state index contributed by atoms with van der Waals surface area (Å²) in [6, 6.07) is 2.47. The second-order valence-corrected chi connectivity index (χ2v) is 3.27. The maximum absolute atomic E-state index is 11.2. The molecule has 2 aromatic rings. The van der Waals surface area contributed by atoms with E-state index >= 15 is 0 Å². The van der Waals surface area contributed by atoms with E-state index in [1.165, 1.54) is 23.8 Å². The second kappa shape index (κ2) is 3.78. The summed E-state index contributed by atoms with van der Waals surface area (Å²) in [5.74, 6) is -0.960. The average molecular weight is 235 g/mol. The van der Waals surface area contributed by atoms with E-state index in [9.17, 15) is 9.59 Å². The normalized spacial score (nSPS) is 10.4. The van der Waals surface area contributed by atoms with Gasteiger partial charge in [-0.1, -0.05) is 6.58 Å². The van der Waals surface area contributed by atoms with Crippen molar-refractivity contribution in [1.29, 1.82) is 0 Å². The molecule has 0 bridgehead atoms. The molecule has 0 saturated heterocycles. The van der Waals surface area contributed by atoms with Gasteiger partial charge in [-0.25, -0.2) is 14.3 Å². The molecule has 0 spiro atoms. The van der Waals surface area contributed by atoms with Crippen LogP contribution in [-0.2, 0) is 4.74 Å². The highest BCUT2D eigenvalue weighted by molar-refractivity contribution is 5.86. The number of nitrogens with one attached hydrogen (secondary N) is 1. The minimum Gasteiger partial charge on any atom is -0.495 e. The van der Waals surface area contributed by atoms with Gasteiger partial charge in [-0.15, -0.1) is 0 Å². The number of hydrogen-bond acceptors (Lipinski definition) is 4. The zero-order valence-electron chi connectivity index (χ0n) is 8.93. The number of carbonyl (C=O) groups is 1. The van der Waals surface area contributed by atoms with Gasteiger partial charge in [0.1, 0.15) is 11.5 Å². The highest BCUT2D eigenvalue weighted by Gasteiger charge is 2.14. The fourth-order valence-electron chi connectivity index (χ4n) is 1.42. The Morgan fingerprint density at radius 3 is 2.88 bits per heavy atom. The van der Waals surface area contributed by atoms with Crippen molar-refractivity contribution < 1.29 is 14.6 Å². The number of fused-ring (bicyclic) bond motifs is 1. The Kier molecular flexibility index (Phi) is 2.43. The zero-order valence-corrected chi connectivity index (χ0v) is 8.93. The number of carboxylic acid groups (broad SMARTS) is 1. The van der Waals surface area contributed by atoms with Gasteiger partial charge in [-0.2, -0.15) is 0 Å². The molecule has 0 radical (unpaired) electrons. The number of H-pyrrole nitrogens is 1. The molecule has 2 heterocycles. The first kappa shape index (κ1) is 10.9. The van der Waals surface area contributed by atoms with E-state index in [-0.39, 0.29) is 22.7 Å². The van der Waals surface area contributed by atoms with Gasteiger partial charge in [-0.3, -0.25) is 9.89 Å². The van der Waals surface area contributed by atoms with Crippen molar-refractivity contribution in [3.05, 3.63) is 40.5 Å². The fraction of sp³-hybridized carbons (Fsp3) is 0.100. The van der Waals surface area contributed by atoms with Crippen LogP contribution in [0.3, 0.4) is 0 Å². The minimum atomic E-state index is -1.19. The number of methoxy groups -OCH3 is 1. The maximum Gasteiger partial charge on any atom is 0.354 e. The van der Waals surface area contributed by atoms with E-state index in [0.29, 0.717) is 5.69 Å². The van der Waals surface area contributed by atoms with Crippen LogP contribution in [0.25, 0.3) is 11.4 Å². The topological polar surface area (TPSA) is 96.7 Å². The summed E-state index contributed by atoms with van der Waals surface area (Å²) in [4.78, 5) is 25.9. The Balaban J connectivity index is 2.82. The number of rotatable bonds is 3. The quantitative estimate of drug-likeness (QED) is 0.747. The highest BCUT2D eigenvalue weighted by Crippen LogP contribution is 2.14. The Morgan fingerprint density at radius 1 is 1.59 bits per heavy atom. The molecular weight excluding hydrogens is 226 g/mol. The standard InChI is InChI=1S/C10H9N3O4/c1-5(17-2)7-3-6(10(15)16)11-8-4-9(14)12-13(7)8/h3-4H,1H2,2H3,(H,12,14)(H,15,16). The molecule has 0 aliphatic carbocycles. The smallest absolute Gasteiger partial charge is 0.354 e. The lowest BCUT2D eigenvalue weighted by molar-refractivity contribution is 0.0690. The van der Waals surface area contributed by atoms with Crippen molar-refractivity contribution in [2.75, 3.05) is 7.11 Å². The summed E-state index contributed by atoms with van der Waals surface area (Å²) in [7, 11) is 1.40. The van der Waals surface area contributed by atoms with E-state index < -0.39 is 5.97 Å². The van der Waals surface area contributed by atoms with Crippen LogP contribution < -0.4 is 5.56 Å². The molecule has 0 aliphatic rings. The third kappa shape index (κ3) is 1.78. The highest BCUT2D eigenvalue weighted by atomic mass is 16.5. The summed E-state index contributed by atoms with van der Waals surface area (Å²) in [5, 5.41) is 11.4. The first-order valence-corrected chi connectivity index (χ1v) is 4.62. The molecule has 0 aliphatic heterocycles. The van der Waals surface area contributed by atoms with Crippen molar-refractivity contribution in [2.24, 2.45) is 0 Å². The van der Waals surface area contributed by atoms with Crippen LogP contribution >= 0.6 is 0 Å². The molecule has 88 valence electrons. The monoisotopic (exact) mass is 235 g/mol. The molecule has 0 unspecified atom stereocenters. The third-order valence-corrected chi connectivity index (χ3v) is 2.21. The summed E-state index contributed by atoms with van der Waals surface area (Å²) in [6.07, 6.45) is 0. The van der Waals surface area contributed by atoms with Gasteiger partial charge >= 0.3 is 5.97 Å². The molecule has 2 N–H and O–H groups in total. The number of aromatic amines is 1. The molecule has 0 fully saturated rings. The van der Waals surface area contributed by atoms with Crippen molar-refractivity contribution in [2.45, 2.75) is 0 Å². The van der Waals surface area contributed by atoms with E-state index in [2.05, 4.69) is 16.7 Å². The first-order valence-electron chi connectivity index (χ1n) is 4.62. The number of aromatic nitrogens is 3. The van der Waals surface area contributed by atoms with Gasteiger partial charge < -0.3 is 9.84 Å². The lowest BCUT2D eigenvalue weighted by atomic mass is 10.3. The summed E-state index contributed by atoms with van der Waals surface area (Å²) >= 11 is 0. The number of hydrogen-bond donors (Lipinski definition) is 2. The predicted octanol–water partition coefficient (Wildman–Crippen LogP) is 0.338. The Morgan fingerprint density at radius 2 is 2.29 bits per heavy atom. The van der Waals surface area contributed by atoms with E-state index in [4.69, 9.17) is 9.84 Å². The minimum absolute atomic E-state index is 0.183. The Bertz CT molecular complexity index is 668. The molecule has 0 atom stereocenters. The van der Waals surface area contributed by atoms with Gasteiger partial charge in [0.05, 0.1) is 7.11 Å². The molecule has 0 aromatic carbocycles. The van der Waals surface area contributed by atoms with Crippen molar-refractivity contribution in [1.82, 2.24) is 14.6 Å². The van der Waals surface area contributed by atoms with E-state index in [0.717, 1.165) is 0 Å². The lowest BCUT2D eigenvalue weighted by Crippen LogP contribution is -2.08.